The minimum Gasteiger partial charge on any atom is -0.493 e. The minimum absolute atomic E-state index is 0.0925. The highest BCUT2D eigenvalue weighted by atomic mass is 16.5. The van der Waals surface area contributed by atoms with Gasteiger partial charge in [-0.1, -0.05) is 0 Å². The maximum atomic E-state index is 12.5. The van der Waals surface area contributed by atoms with Gasteiger partial charge in [-0.05, 0) is 18.2 Å². The Kier molecular flexibility index (Phi) is 7.56. The molecule has 0 spiro atoms. The van der Waals surface area contributed by atoms with E-state index in [1.807, 2.05) is 0 Å². The molecule has 0 aromatic heterocycles. The number of carbonyl (C=O) groups excluding carboxylic acids is 1. The summed E-state index contributed by atoms with van der Waals surface area (Å²) in [7, 11) is 6.31. The summed E-state index contributed by atoms with van der Waals surface area (Å²) in [6.45, 7) is 1.96. The lowest BCUT2D eigenvalue weighted by molar-refractivity contribution is 0.0627. The lowest BCUT2D eigenvalue weighted by Gasteiger charge is -2.22. The molecule has 0 fully saturated rings. The zero-order chi connectivity index (χ0) is 15.7. The molecule has 6 heteroatoms. The van der Waals surface area contributed by atoms with Crippen LogP contribution < -0.4 is 9.47 Å². The standard InChI is InChI=1S/C15H23NO5/c1-18-9-7-16(8-10-19-2)15(17)12-5-6-13(20-3)14(11-12)21-4/h5-6,11H,7-10H2,1-4H3. The quantitative estimate of drug-likeness (QED) is 0.690. The largest absolute Gasteiger partial charge is 0.493 e. The summed E-state index contributed by atoms with van der Waals surface area (Å²) in [6.07, 6.45) is 0. The third-order valence-corrected chi connectivity index (χ3v) is 3.05. The maximum absolute atomic E-state index is 12.5. The molecule has 1 aromatic rings. The fourth-order valence-electron chi connectivity index (χ4n) is 1.87. The Balaban J connectivity index is 2.91. The van der Waals surface area contributed by atoms with E-state index < -0.39 is 0 Å². The highest BCUT2D eigenvalue weighted by Crippen LogP contribution is 2.28. The number of nitrogens with zero attached hydrogens (tertiary/aromatic N) is 1. The third-order valence-electron chi connectivity index (χ3n) is 3.05. The molecule has 6 nitrogen and oxygen atoms in total. The minimum atomic E-state index is -0.0925. The summed E-state index contributed by atoms with van der Waals surface area (Å²) in [5.74, 6) is 1.03. The van der Waals surface area contributed by atoms with Crippen molar-refractivity contribution in [2.24, 2.45) is 0 Å². The average molecular weight is 297 g/mol. The van der Waals surface area contributed by atoms with E-state index in [1.165, 1.54) is 0 Å². The average Bonchev–Trinajstić information content (AvgIpc) is 2.53. The van der Waals surface area contributed by atoms with Crippen molar-refractivity contribution >= 4 is 5.91 Å². The summed E-state index contributed by atoms with van der Waals surface area (Å²) < 4.78 is 20.5. The number of hydrogen-bond acceptors (Lipinski definition) is 5. The predicted molar refractivity (Wildman–Crippen MR) is 79.2 cm³/mol. The molecule has 0 saturated heterocycles. The van der Waals surface area contributed by atoms with Crippen LogP contribution in [0.25, 0.3) is 0 Å². The van der Waals surface area contributed by atoms with Gasteiger partial charge in [0.25, 0.3) is 5.91 Å². The second kappa shape index (κ2) is 9.20. The second-order valence-corrected chi connectivity index (χ2v) is 4.35. The highest BCUT2D eigenvalue weighted by molar-refractivity contribution is 5.95. The van der Waals surface area contributed by atoms with Gasteiger partial charge in [-0.15, -0.1) is 0 Å². The van der Waals surface area contributed by atoms with Crippen molar-refractivity contribution in [3.63, 3.8) is 0 Å². The molecule has 0 aliphatic heterocycles. The predicted octanol–water partition coefficient (Wildman–Crippen LogP) is 1.44. The Labute approximate surface area is 125 Å². The van der Waals surface area contributed by atoms with Crippen LogP contribution in [0.3, 0.4) is 0 Å². The van der Waals surface area contributed by atoms with Crippen molar-refractivity contribution in [1.29, 1.82) is 0 Å². The van der Waals surface area contributed by atoms with E-state index >= 15 is 0 Å². The van der Waals surface area contributed by atoms with Crippen molar-refractivity contribution in [1.82, 2.24) is 4.90 Å². The number of methoxy groups -OCH3 is 4. The van der Waals surface area contributed by atoms with Crippen molar-refractivity contribution < 1.29 is 23.7 Å². The van der Waals surface area contributed by atoms with Crippen LogP contribution in [0, 0.1) is 0 Å². The first-order chi connectivity index (χ1) is 10.2. The van der Waals surface area contributed by atoms with E-state index in [0.29, 0.717) is 43.4 Å². The van der Waals surface area contributed by atoms with Crippen LogP contribution in [0.1, 0.15) is 10.4 Å². The smallest absolute Gasteiger partial charge is 0.254 e. The SMILES string of the molecule is COCCN(CCOC)C(=O)c1ccc(OC)c(OC)c1. The van der Waals surface area contributed by atoms with Gasteiger partial charge in [-0.2, -0.15) is 0 Å². The molecule has 1 aromatic carbocycles. The number of hydrogen-bond donors (Lipinski definition) is 0. The molecular formula is C15H23NO5. The van der Waals surface area contributed by atoms with Gasteiger partial charge in [0.1, 0.15) is 0 Å². The lowest BCUT2D eigenvalue weighted by Crippen LogP contribution is -2.36. The molecule has 0 bridgehead atoms. The van der Waals surface area contributed by atoms with Crippen LogP contribution >= 0.6 is 0 Å². The van der Waals surface area contributed by atoms with E-state index in [9.17, 15) is 4.79 Å². The van der Waals surface area contributed by atoms with Gasteiger partial charge in [-0.3, -0.25) is 4.79 Å². The zero-order valence-corrected chi connectivity index (χ0v) is 13.0. The normalized spacial score (nSPS) is 10.3. The van der Waals surface area contributed by atoms with Gasteiger partial charge >= 0.3 is 0 Å². The number of ether oxygens (including phenoxy) is 4. The molecule has 21 heavy (non-hydrogen) atoms. The third kappa shape index (κ3) is 4.91. The second-order valence-electron chi connectivity index (χ2n) is 4.35. The van der Waals surface area contributed by atoms with Crippen molar-refractivity contribution in [3.05, 3.63) is 23.8 Å². The van der Waals surface area contributed by atoms with Crippen molar-refractivity contribution in [3.8, 4) is 11.5 Å². The molecule has 0 heterocycles. The van der Waals surface area contributed by atoms with Crippen molar-refractivity contribution in [2.45, 2.75) is 0 Å². The van der Waals surface area contributed by atoms with E-state index in [0.717, 1.165) is 0 Å². The summed E-state index contributed by atoms with van der Waals surface area (Å²) in [5, 5.41) is 0. The van der Waals surface area contributed by atoms with Crippen LogP contribution in [-0.4, -0.2) is 65.5 Å². The maximum Gasteiger partial charge on any atom is 0.254 e. The number of carbonyl (C=O) groups is 1. The topological polar surface area (TPSA) is 57.2 Å². The molecule has 118 valence electrons. The molecule has 0 saturated carbocycles. The Morgan fingerprint density at radius 2 is 1.52 bits per heavy atom. The Morgan fingerprint density at radius 1 is 0.952 bits per heavy atom. The summed E-state index contributed by atoms with van der Waals surface area (Å²) in [6, 6.07) is 5.11. The van der Waals surface area contributed by atoms with Crippen LogP contribution in [0.15, 0.2) is 18.2 Å². The molecule has 0 radical (unpaired) electrons. The first kappa shape index (κ1) is 17.3. The first-order valence-electron chi connectivity index (χ1n) is 6.67. The molecule has 0 unspecified atom stereocenters. The van der Waals surface area contributed by atoms with Gasteiger partial charge in [-0.25, -0.2) is 0 Å². The van der Waals surface area contributed by atoms with E-state index in [4.69, 9.17) is 18.9 Å². The van der Waals surface area contributed by atoms with E-state index in [2.05, 4.69) is 0 Å². The summed E-state index contributed by atoms with van der Waals surface area (Å²) in [4.78, 5) is 14.2. The monoisotopic (exact) mass is 297 g/mol. The molecule has 1 amide bonds. The van der Waals surface area contributed by atoms with Crippen LogP contribution in [0.5, 0.6) is 11.5 Å². The zero-order valence-electron chi connectivity index (χ0n) is 13.0. The van der Waals surface area contributed by atoms with Crippen LogP contribution in [0.4, 0.5) is 0 Å². The molecular weight excluding hydrogens is 274 g/mol. The van der Waals surface area contributed by atoms with Gasteiger partial charge in [0, 0.05) is 32.9 Å². The molecule has 1 rings (SSSR count). The Hall–Kier alpha value is -1.79. The Bertz CT molecular complexity index is 442. The number of rotatable bonds is 9. The summed E-state index contributed by atoms with van der Waals surface area (Å²) in [5.41, 5.74) is 0.542. The number of benzene rings is 1. The molecule has 0 N–H and O–H groups in total. The van der Waals surface area contributed by atoms with Crippen LogP contribution in [0.2, 0.25) is 0 Å². The van der Waals surface area contributed by atoms with Gasteiger partial charge in [0.2, 0.25) is 0 Å². The highest BCUT2D eigenvalue weighted by Gasteiger charge is 2.17. The van der Waals surface area contributed by atoms with E-state index in [1.54, 1.807) is 51.5 Å². The fraction of sp³-hybridized carbons (Fsp3) is 0.533. The van der Waals surface area contributed by atoms with E-state index in [-0.39, 0.29) is 5.91 Å². The summed E-state index contributed by atoms with van der Waals surface area (Å²) >= 11 is 0. The molecule has 0 aliphatic carbocycles. The first-order valence-corrected chi connectivity index (χ1v) is 6.67. The van der Waals surface area contributed by atoms with Gasteiger partial charge in [0.05, 0.1) is 27.4 Å². The number of amides is 1. The molecule has 0 atom stereocenters. The Morgan fingerprint density at radius 3 is 2.00 bits per heavy atom. The van der Waals surface area contributed by atoms with Gasteiger partial charge < -0.3 is 23.8 Å². The molecule has 0 aliphatic rings. The van der Waals surface area contributed by atoms with Gasteiger partial charge in [0.15, 0.2) is 11.5 Å². The van der Waals surface area contributed by atoms with Crippen LogP contribution in [-0.2, 0) is 9.47 Å². The fourth-order valence-corrected chi connectivity index (χ4v) is 1.87. The van der Waals surface area contributed by atoms with Crippen molar-refractivity contribution in [2.75, 3.05) is 54.7 Å². The lowest BCUT2D eigenvalue weighted by atomic mass is 10.1.